The number of nitro groups is 1. The molecule has 0 unspecified atom stereocenters. The van der Waals surface area contributed by atoms with Crippen LogP contribution in [0, 0.1) is 22.9 Å². The molecule has 0 spiro atoms. The van der Waals surface area contributed by atoms with Crippen molar-refractivity contribution in [2.75, 3.05) is 32.3 Å². The molecule has 3 aromatic rings. The lowest BCUT2D eigenvalue weighted by Crippen LogP contribution is -2.21. The SMILES string of the molecule is COc1cc(NC(=O)CSc2nnc([C@@H](C)N(C)C)n2-c2ccc(F)cc2)c(C)cc1[N+](=O)[O-]. The third-order valence-corrected chi connectivity index (χ3v) is 6.15. The van der Waals surface area contributed by atoms with Crippen LogP contribution in [0.1, 0.15) is 24.4 Å². The summed E-state index contributed by atoms with van der Waals surface area (Å²) < 4.78 is 20.4. The molecule has 3 rings (SSSR count). The molecule has 1 amide bonds. The Bertz CT molecular complexity index is 1200. The first-order valence-corrected chi connectivity index (χ1v) is 11.2. The lowest BCUT2D eigenvalue weighted by atomic mass is 10.1. The molecular weight excluding hydrogens is 463 g/mol. The molecule has 10 nitrogen and oxygen atoms in total. The molecule has 1 atom stereocenters. The van der Waals surface area contributed by atoms with E-state index in [1.807, 2.05) is 25.9 Å². The number of aromatic nitrogens is 3. The molecule has 0 saturated heterocycles. The van der Waals surface area contributed by atoms with Gasteiger partial charge < -0.3 is 10.1 Å². The summed E-state index contributed by atoms with van der Waals surface area (Å²) >= 11 is 1.17. The van der Waals surface area contributed by atoms with Crippen molar-refractivity contribution < 1.29 is 18.8 Å². The van der Waals surface area contributed by atoms with Crippen molar-refractivity contribution in [2.45, 2.75) is 25.0 Å². The van der Waals surface area contributed by atoms with Gasteiger partial charge in [-0.15, -0.1) is 10.2 Å². The average molecular weight is 489 g/mol. The van der Waals surface area contributed by atoms with Crippen molar-refractivity contribution in [1.29, 1.82) is 0 Å². The second-order valence-electron chi connectivity index (χ2n) is 7.73. The molecule has 0 aliphatic rings. The minimum absolute atomic E-state index is 0.00835. The molecule has 1 heterocycles. The summed E-state index contributed by atoms with van der Waals surface area (Å²) in [6.07, 6.45) is 0. The van der Waals surface area contributed by atoms with Crippen LogP contribution in [0.4, 0.5) is 15.8 Å². The normalized spacial score (nSPS) is 12.0. The Hall–Kier alpha value is -3.51. The van der Waals surface area contributed by atoms with E-state index in [1.54, 1.807) is 23.6 Å². The van der Waals surface area contributed by atoms with Crippen molar-refractivity contribution in [3.8, 4) is 11.4 Å². The van der Waals surface area contributed by atoms with Gasteiger partial charge in [0.25, 0.3) is 0 Å². The highest BCUT2D eigenvalue weighted by atomic mass is 32.2. The Morgan fingerprint density at radius 2 is 1.97 bits per heavy atom. The number of nitro benzene ring substituents is 1. The molecule has 0 fully saturated rings. The fraction of sp³-hybridized carbons (Fsp3) is 0.318. The summed E-state index contributed by atoms with van der Waals surface area (Å²) in [6, 6.07) is 8.64. The molecule has 1 aromatic heterocycles. The first-order valence-electron chi connectivity index (χ1n) is 10.3. The van der Waals surface area contributed by atoms with E-state index in [4.69, 9.17) is 4.74 Å². The smallest absolute Gasteiger partial charge is 0.311 e. The van der Waals surface area contributed by atoms with Gasteiger partial charge in [0.1, 0.15) is 5.82 Å². The third kappa shape index (κ3) is 5.51. The Kier molecular flexibility index (Phi) is 7.84. The number of methoxy groups -OCH3 is 1. The number of halogens is 1. The van der Waals surface area contributed by atoms with Crippen molar-refractivity contribution in [3.63, 3.8) is 0 Å². The summed E-state index contributed by atoms with van der Waals surface area (Å²) in [7, 11) is 5.15. The number of aryl methyl sites for hydroxylation is 1. The van der Waals surface area contributed by atoms with Crippen LogP contribution in [-0.2, 0) is 4.79 Å². The van der Waals surface area contributed by atoms with Crippen LogP contribution in [0.25, 0.3) is 5.69 Å². The fourth-order valence-corrected chi connectivity index (χ4v) is 3.90. The van der Waals surface area contributed by atoms with Gasteiger partial charge in [0.2, 0.25) is 5.91 Å². The van der Waals surface area contributed by atoms with E-state index >= 15 is 0 Å². The highest BCUT2D eigenvalue weighted by molar-refractivity contribution is 7.99. The minimum atomic E-state index is -0.540. The predicted octanol–water partition coefficient (Wildman–Crippen LogP) is 3.99. The Labute approximate surface area is 200 Å². The number of ether oxygens (including phenoxy) is 1. The Balaban J connectivity index is 1.82. The van der Waals surface area contributed by atoms with Gasteiger partial charge in [-0.25, -0.2) is 4.39 Å². The molecule has 0 radical (unpaired) electrons. The summed E-state index contributed by atoms with van der Waals surface area (Å²) in [5, 5.41) is 23.0. The highest BCUT2D eigenvalue weighted by Gasteiger charge is 2.22. The predicted molar refractivity (Wildman–Crippen MR) is 127 cm³/mol. The second-order valence-corrected chi connectivity index (χ2v) is 8.67. The quantitative estimate of drug-likeness (QED) is 0.273. The van der Waals surface area contributed by atoms with E-state index in [0.29, 0.717) is 27.9 Å². The standard InChI is InChI=1S/C22H25FN6O4S/c1-13-10-18(29(31)32)19(33-5)11-17(13)24-20(30)12-34-22-26-25-21(14(2)27(3)4)28(22)16-8-6-15(23)7-9-16/h6-11,14H,12H2,1-5H3,(H,24,30)/t14-/m1/s1. The largest absolute Gasteiger partial charge is 0.490 e. The van der Waals surface area contributed by atoms with Crippen molar-refractivity contribution in [1.82, 2.24) is 19.7 Å². The summed E-state index contributed by atoms with van der Waals surface area (Å²) in [6.45, 7) is 3.63. The van der Waals surface area contributed by atoms with Gasteiger partial charge in [0.05, 0.1) is 23.8 Å². The zero-order valence-corrected chi connectivity index (χ0v) is 20.2. The molecule has 34 heavy (non-hydrogen) atoms. The van der Waals surface area contributed by atoms with Crippen LogP contribution in [0.2, 0.25) is 0 Å². The minimum Gasteiger partial charge on any atom is -0.490 e. The zero-order chi connectivity index (χ0) is 25.0. The third-order valence-electron chi connectivity index (χ3n) is 5.22. The molecule has 12 heteroatoms. The maximum atomic E-state index is 13.5. The first kappa shape index (κ1) is 25.1. The fourth-order valence-electron chi connectivity index (χ4n) is 3.14. The van der Waals surface area contributed by atoms with Crippen LogP contribution in [-0.4, -0.2) is 57.5 Å². The number of carbonyl (C=O) groups excluding carboxylic acids is 1. The van der Waals surface area contributed by atoms with E-state index in [0.717, 1.165) is 0 Å². The van der Waals surface area contributed by atoms with Gasteiger partial charge in [-0.05, 0) is 57.8 Å². The number of nitrogens with zero attached hydrogens (tertiary/aromatic N) is 5. The number of anilines is 1. The zero-order valence-electron chi connectivity index (χ0n) is 19.4. The van der Waals surface area contributed by atoms with Gasteiger partial charge in [0, 0.05) is 23.5 Å². The van der Waals surface area contributed by atoms with E-state index in [1.165, 1.54) is 43.1 Å². The molecule has 0 aliphatic carbocycles. The molecule has 0 aliphatic heterocycles. The highest BCUT2D eigenvalue weighted by Crippen LogP contribution is 2.33. The van der Waals surface area contributed by atoms with Gasteiger partial charge in [-0.3, -0.25) is 24.4 Å². The molecule has 1 N–H and O–H groups in total. The number of rotatable bonds is 9. The summed E-state index contributed by atoms with van der Waals surface area (Å²) in [5.41, 5.74) is 1.44. The molecule has 180 valence electrons. The van der Waals surface area contributed by atoms with Gasteiger partial charge in [0.15, 0.2) is 16.7 Å². The van der Waals surface area contributed by atoms with Gasteiger partial charge in [-0.1, -0.05) is 11.8 Å². The lowest BCUT2D eigenvalue weighted by molar-refractivity contribution is -0.385. The molecule has 0 saturated carbocycles. The number of hydrogen-bond acceptors (Lipinski definition) is 8. The number of nitrogens with one attached hydrogen (secondary N) is 1. The molecule has 2 aromatic carbocycles. The Morgan fingerprint density at radius 1 is 1.29 bits per heavy atom. The number of amides is 1. The van der Waals surface area contributed by atoms with Crippen molar-refractivity contribution in [3.05, 3.63) is 63.7 Å². The topological polar surface area (TPSA) is 115 Å². The molecule has 0 bridgehead atoms. The monoisotopic (exact) mass is 488 g/mol. The number of carbonyl (C=O) groups is 1. The van der Waals surface area contributed by atoms with Gasteiger partial charge >= 0.3 is 5.69 Å². The number of benzene rings is 2. The maximum absolute atomic E-state index is 13.5. The summed E-state index contributed by atoms with van der Waals surface area (Å²) in [4.78, 5) is 25.3. The van der Waals surface area contributed by atoms with Crippen LogP contribution in [0.5, 0.6) is 5.75 Å². The maximum Gasteiger partial charge on any atom is 0.311 e. The first-order chi connectivity index (χ1) is 16.1. The number of thioether (sulfide) groups is 1. The Morgan fingerprint density at radius 3 is 2.56 bits per heavy atom. The van der Waals surface area contributed by atoms with Crippen molar-refractivity contribution >= 4 is 29.0 Å². The van der Waals surface area contributed by atoms with E-state index < -0.39 is 4.92 Å². The van der Waals surface area contributed by atoms with E-state index in [9.17, 15) is 19.3 Å². The average Bonchev–Trinajstić information content (AvgIpc) is 3.22. The van der Waals surface area contributed by atoms with Crippen LogP contribution in [0.15, 0.2) is 41.6 Å². The lowest BCUT2D eigenvalue weighted by Gasteiger charge is -2.20. The second kappa shape index (κ2) is 10.6. The van der Waals surface area contributed by atoms with Crippen LogP contribution in [0.3, 0.4) is 0 Å². The van der Waals surface area contributed by atoms with Crippen LogP contribution >= 0.6 is 11.8 Å². The van der Waals surface area contributed by atoms with E-state index in [2.05, 4.69) is 15.5 Å². The van der Waals surface area contributed by atoms with Crippen molar-refractivity contribution in [2.24, 2.45) is 0 Å². The van der Waals surface area contributed by atoms with Crippen LogP contribution < -0.4 is 10.1 Å². The summed E-state index contributed by atoms with van der Waals surface area (Å²) in [5.74, 6) is 0.0165. The molecular formula is C22H25FN6O4S. The van der Waals surface area contributed by atoms with Gasteiger partial charge in [-0.2, -0.15) is 0 Å². The number of hydrogen-bond donors (Lipinski definition) is 1. The van der Waals surface area contributed by atoms with E-state index in [-0.39, 0.29) is 35.0 Å².